The van der Waals surface area contributed by atoms with Crippen LogP contribution in [0.3, 0.4) is 0 Å². The summed E-state index contributed by atoms with van der Waals surface area (Å²) >= 11 is 1.20. The fourth-order valence-corrected chi connectivity index (χ4v) is 3.17. The minimum absolute atomic E-state index is 0.149. The minimum Gasteiger partial charge on any atom is -0.397 e. The number of halogens is 1. The summed E-state index contributed by atoms with van der Waals surface area (Å²) < 4.78 is 14.4. The van der Waals surface area contributed by atoms with Crippen LogP contribution in [-0.2, 0) is 0 Å². The molecule has 21 heavy (non-hydrogen) atoms. The molecule has 4 nitrogen and oxygen atoms in total. The second-order valence-corrected chi connectivity index (χ2v) is 6.20. The number of hydrogen-bond donors (Lipinski definition) is 3. The summed E-state index contributed by atoms with van der Waals surface area (Å²) in [4.78, 5) is 12.5. The van der Waals surface area contributed by atoms with E-state index in [1.807, 2.05) is 6.92 Å². The molecule has 0 radical (unpaired) electrons. The normalized spacial score (nSPS) is 12.5. The molecule has 1 aromatic carbocycles. The predicted octanol–water partition coefficient (Wildman–Crippen LogP) is 2.76. The lowest BCUT2D eigenvalue weighted by atomic mass is 10.1. The Morgan fingerprint density at radius 2 is 2.29 bits per heavy atom. The van der Waals surface area contributed by atoms with Crippen LogP contribution in [0.2, 0.25) is 0 Å². The predicted molar refractivity (Wildman–Crippen MR) is 84.0 cm³/mol. The number of nitrogens with two attached hydrogens (primary N) is 1. The first-order valence-corrected chi connectivity index (χ1v) is 7.71. The van der Waals surface area contributed by atoms with Crippen molar-refractivity contribution in [1.29, 1.82) is 0 Å². The molecule has 0 spiro atoms. The summed E-state index contributed by atoms with van der Waals surface area (Å²) in [6.07, 6.45) is 1.62. The Labute approximate surface area is 126 Å². The Hall–Kier alpha value is -1.66. The lowest BCUT2D eigenvalue weighted by molar-refractivity contribution is 0.0957. The van der Waals surface area contributed by atoms with Gasteiger partial charge in [-0.1, -0.05) is 13.0 Å². The molecule has 0 saturated carbocycles. The second kappa shape index (κ2) is 6.87. The molecular weight excluding hydrogens is 291 g/mol. The molecule has 6 heteroatoms. The zero-order valence-electron chi connectivity index (χ0n) is 11.9. The van der Waals surface area contributed by atoms with E-state index in [4.69, 9.17) is 10.8 Å². The van der Waals surface area contributed by atoms with Crippen molar-refractivity contribution in [2.45, 2.75) is 19.8 Å². The van der Waals surface area contributed by atoms with E-state index in [-0.39, 0.29) is 24.1 Å². The Kier molecular flexibility index (Phi) is 5.14. The van der Waals surface area contributed by atoms with Crippen LogP contribution in [0.25, 0.3) is 10.1 Å². The third-order valence-corrected chi connectivity index (χ3v) is 4.55. The molecule has 2 rings (SSSR count). The molecule has 0 bridgehead atoms. The Balaban J connectivity index is 2.03. The molecule has 0 aliphatic carbocycles. The van der Waals surface area contributed by atoms with Crippen molar-refractivity contribution in [3.05, 3.63) is 28.9 Å². The highest BCUT2D eigenvalue weighted by atomic mass is 32.1. The largest absolute Gasteiger partial charge is 0.397 e. The quantitative estimate of drug-likeness (QED) is 0.718. The van der Waals surface area contributed by atoms with Crippen LogP contribution in [0.4, 0.5) is 10.1 Å². The third-order valence-electron chi connectivity index (χ3n) is 3.38. The van der Waals surface area contributed by atoms with Crippen LogP contribution in [-0.4, -0.2) is 24.2 Å². The van der Waals surface area contributed by atoms with Crippen LogP contribution in [0, 0.1) is 11.7 Å². The average molecular weight is 310 g/mol. The van der Waals surface area contributed by atoms with Gasteiger partial charge in [-0.3, -0.25) is 4.79 Å². The van der Waals surface area contributed by atoms with E-state index < -0.39 is 5.82 Å². The molecule has 2 aromatic rings. The van der Waals surface area contributed by atoms with Gasteiger partial charge in [0.25, 0.3) is 5.91 Å². The van der Waals surface area contributed by atoms with Crippen molar-refractivity contribution in [3.63, 3.8) is 0 Å². The first kappa shape index (κ1) is 15.7. The molecule has 4 N–H and O–H groups in total. The van der Waals surface area contributed by atoms with Crippen molar-refractivity contribution >= 4 is 33.0 Å². The first-order chi connectivity index (χ1) is 10.0. The summed E-state index contributed by atoms with van der Waals surface area (Å²) in [5.74, 6) is -0.452. The zero-order valence-corrected chi connectivity index (χ0v) is 12.7. The number of anilines is 1. The molecule has 0 fully saturated rings. The van der Waals surface area contributed by atoms with Crippen LogP contribution < -0.4 is 11.1 Å². The smallest absolute Gasteiger partial charge is 0.263 e. The number of hydrogen-bond acceptors (Lipinski definition) is 4. The minimum atomic E-state index is -0.405. The number of benzene rings is 1. The number of amides is 1. The number of thiophene rings is 1. The maximum absolute atomic E-state index is 13.7. The van der Waals surface area contributed by atoms with E-state index in [0.29, 0.717) is 21.5 Å². The Morgan fingerprint density at radius 3 is 2.95 bits per heavy atom. The number of fused-ring (bicyclic) bond motifs is 1. The Bertz CT molecular complexity index is 642. The molecule has 1 unspecified atom stereocenters. The lowest BCUT2D eigenvalue weighted by Gasteiger charge is -2.08. The summed E-state index contributed by atoms with van der Waals surface area (Å²) in [6, 6.07) is 4.69. The zero-order chi connectivity index (χ0) is 15.4. The van der Waals surface area contributed by atoms with Gasteiger partial charge in [0, 0.05) is 17.9 Å². The molecule has 0 aliphatic heterocycles. The van der Waals surface area contributed by atoms with Crippen LogP contribution in [0.5, 0.6) is 0 Å². The van der Waals surface area contributed by atoms with Crippen LogP contribution >= 0.6 is 11.3 Å². The lowest BCUT2D eigenvalue weighted by Crippen LogP contribution is -2.24. The first-order valence-electron chi connectivity index (χ1n) is 6.90. The fraction of sp³-hybridized carbons (Fsp3) is 0.400. The standard InChI is InChI=1S/C15H19FN2O2S/c1-9(8-19)4-3-7-18-15(20)14-13(17)12-10(16)5-2-6-11(12)21-14/h2,5-6,9,19H,3-4,7-8,17H2,1H3,(H,18,20). The van der Waals surface area contributed by atoms with Crippen molar-refractivity contribution < 1.29 is 14.3 Å². The topological polar surface area (TPSA) is 75.3 Å². The van der Waals surface area contributed by atoms with Gasteiger partial charge in [0.1, 0.15) is 10.7 Å². The maximum atomic E-state index is 13.7. The number of carbonyl (C=O) groups excluding carboxylic acids is 1. The maximum Gasteiger partial charge on any atom is 0.263 e. The van der Waals surface area contributed by atoms with Gasteiger partial charge in [0.2, 0.25) is 0 Å². The van der Waals surface area contributed by atoms with Crippen molar-refractivity contribution in [2.75, 3.05) is 18.9 Å². The number of nitrogen functional groups attached to an aromatic ring is 1. The molecule has 1 heterocycles. The summed E-state index contributed by atoms with van der Waals surface area (Å²) in [6.45, 7) is 2.62. The van der Waals surface area contributed by atoms with Gasteiger partial charge in [-0.05, 0) is 30.9 Å². The summed E-state index contributed by atoms with van der Waals surface area (Å²) in [5.41, 5.74) is 6.09. The SMILES string of the molecule is CC(CO)CCCNC(=O)c1sc2cccc(F)c2c1N. The average Bonchev–Trinajstić information content (AvgIpc) is 2.81. The molecule has 0 aliphatic rings. The monoisotopic (exact) mass is 310 g/mol. The van der Waals surface area contributed by atoms with Gasteiger partial charge in [0.05, 0.1) is 11.1 Å². The van der Waals surface area contributed by atoms with Gasteiger partial charge in [-0.25, -0.2) is 4.39 Å². The number of carbonyl (C=O) groups is 1. The van der Waals surface area contributed by atoms with E-state index in [1.54, 1.807) is 12.1 Å². The van der Waals surface area contributed by atoms with E-state index in [9.17, 15) is 9.18 Å². The van der Waals surface area contributed by atoms with Crippen molar-refractivity contribution in [3.8, 4) is 0 Å². The number of rotatable bonds is 6. The van der Waals surface area contributed by atoms with E-state index in [2.05, 4.69) is 5.32 Å². The molecular formula is C15H19FN2O2S. The number of aliphatic hydroxyl groups is 1. The summed E-state index contributed by atoms with van der Waals surface area (Å²) in [5, 5.41) is 12.0. The number of aliphatic hydroxyl groups excluding tert-OH is 1. The second-order valence-electron chi connectivity index (χ2n) is 5.14. The molecule has 0 saturated heterocycles. The van der Waals surface area contributed by atoms with Crippen LogP contribution in [0.1, 0.15) is 29.4 Å². The van der Waals surface area contributed by atoms with Crippen molar-refractivity contribution in [1.82, 2.24) is 5.32 Å². The molecule has 1 aromatic heterocycles. The van der Waals surface area contributed by atoms with Crippen LogP contribution in [0.15, 0.2) is 18.2 Å². The summed E-state index contributed by atoms with van der Waals surface area (Å²) in [7, 11) is 0. The highest BCUT2D eigenvalue weighted by molar-refractivity contribution is 7.21. The van der Waals surface area contributed by atoms with Gasteiger partial charge >= 0.3 is 0 Å². The number of nitrogens with one attached hydrogen (secondary N) is 1. The molecule has 114 valence electrons. The Morgan fingerprint density at radius 1 is 1.52 bits per heavy atom. The molecule has 1 atom stereocenters. The van der Waals surface area contributed by atoms with Gasteiger partial charge in [0.15, 0.2) is 0 Å². The van der Waals surface area contributed by atoms with Crippen molar-refractivity contribution in [2.24, 2.45) is 5.92 Å². The van der Waals surface area contributed by atoms with Gasteiger partial charge in [-0.2, -0.15) is 0 Å². The van der Waals surface area contributed by atoms with Gasteiger partial charge < -0.3 is 16.2 Å². The third kappa shape index (κ3) is 3.51. The molecule has 1 amide bonds. The van der Waals surface area contributed by atoms with E-state index >= 15 is 0 Å². The highest BCUT2D eigenvalue weighted by Gasteiger charge is 2.18. The van der Waals surface area contributed by atoms with Gasteiger partial charge in [-0.15, -0.1) is 11.3 Å². The van der Waals surface area contributed by atoms with E-state index in [1.165, 1.54) is 17.4 Å². The van der Waals surface area contributed by atoms with E-state index in [0.717, 1.165) is 12.8 Å². The highest BCUT2D eigenvalue weighted by Crippen LogP contribution is 2.35. The fourth-order valence-electron chi connectivity index (χ4n) is 2.12.